The van der Waals surface area contributed by atoms with E-state index in [1.165, 1.54) is 11.1 Å². The molecule has 0 aliphatic carbocycles. The second-order valence-corrected chi connectivity index (χ2v) is 5.46. The molecule has 3 nitrogen and oxygen atoms in total. The molecular weight excluding hydrogens is 272 g/mol. The van der Waals surface area contributed by atoms with E-state index in [1.54, 1.807) is 0 Å². The molecule has 22 heavy (non-hydrogen) atoms. The van der Waals surface area contributed by atoms with Gasteiger partial charge in [0.15, 0.2) is 0 Å². The van der Waals surface area contributed by atoms with Crippen molar-refractivity contribution < 1.29 is 4.74 Å². The van der Waals surface area contributed by atoms with Gasteiger partial charge in [-0.25, -0.2) is 0 Å². The first kappa shape index (κ1) is 16.4. The van der Waals surface area contributed by atoms with Gasteiger partial charge in [0.1, 0.15) is 5.75 Å². The summed E-state index contributed by atoms with van der Waals surface area (Å²) in [6, 6.07) is 16.6. The van der Waals surface area contributed by atoms with E-state index in [9.17, 15) is 0 Å². The lowest BCUT2D eigenvalue weighted by Crippen LogP contribution is -2.20. The number of hydrogen-bond acceptors (Lipinski definition) is 3. The highest BCUT2D eigenvalue weighted by Crippen LogP contribution is 2.22. The lowest BCUT2D eigenvalue weighted by atomic mass is 10.1. The second-order valence-electron chi connectivity index (χ2n) is 5.46. The molecule has 0 aliphatic rings. The average molecular weight is 298 g/mol. The Morgan fingerprint density at radius 3 is 2.36 bits per heavy atom. The third kappa shape index (κ3) is 5.41. The van der Waals surface area contributed by atoms with Crippen molar-refractivity contribution in [3.8, 4) is 5.75 Å². The Morgan fingerprint density at radius 1 is 0.955 bits per heavy atom. The monoisotopic (exact) mass is 298 g/mol. The summed E-state index contributed by atoms with van der Waals surface area (Å²) in [4.78, 5) is 0. The highest BCUT2D eigenvalue weighted by atomic mass is 16.5. The molecule has 0 unspecified atom stereocenters. The molecule has 0 heterocycles. The lowest BCUT2D eigenvalue weighted by Gasteiger charge is -2.10. The summed E-state index contributed by atoms with van der Waals surface area (Å²) < 4.78 is 5.59. The number of hydrogen-bond donors (Lipinski definition) is 2. The Balaban J connectivity index is 1.69. The maximum atomic E-state index is 6.02. The van der Waals surface area contributed by atoms with Crippen LogP contribution < -0.4 is 15.8 Å². The van der Waals surface area contributed by atoms with Crippen LogP contribution in [-0.4, -0.2) is 19.7 Å². The summed E-state index contributed by atoms with van der Waals surface area (Å²) in [5.74, 6) is 0.794. The zero-order valence-electron chi connectivity index (χ0n) is 13.3. The van der Waals surface area contributed by atoms with Crippen molar-refractivity contribution >= 4 is 5.69 Å². The van der Waals surface area contributed by atoms with Gasteiger partial charge in [-0.05, 0) is 55.6 Å². The maximum Gasteiger partial charge on any atom is 0.142 e. The summed E-state index contributed by atoms with van der Waals surface area (Å²) in [6.07, 6.45) is 3.03. The highest BCUT2D eigenvalue weighted by molar-refractivity contribution is 5.54. The van der Waals surface area contributed by atoms with Crippen molar-refractivity contribution in [3.05, 3.63) is 59.7 Å². The zero-order chi connectivity index (χ0) is 15.6. The molecule has 0 amide bonds. The van der Waals surface area contributed by atoms with Crippen LogP contribution in [0.4, 0.5) is 5.69 Å². The quantitative estimate of drug-likeness (QED) is 0.551. The van der Waals surface area contributed by atoms with E-state index in [1.807, 2.05) is 12.1 Å². The number of nitrogens with one attached hydrogen (secondary N) is 1. The van der Waals surface area contributed by atoms with E-state index in [-0.39, 0.29) is 0 Å². The highest BCUT2D eigenvalue weighted by Gasteiger charge is 2.02. The van der Waals surface area contributed by atoms with E-state index >= 15 is 0 Å². The summed E-state index contributed by atoms with van der Waals surface area (Å²) >= 11 is 0. The molecule has 3 N–H and O–H groups in total. The number of anilines is 1. The molecule has 0 aliphatic heterocycles. The third-order valence-corrected chi connectivity index (χ3v) is 3.56. The van der Waals surface area contributed by atoms with Gasteiger partial charge in [0.05, 0.1) is 12.3 Å². The van der Waals surface area contributed by atoms with Crippen molar-refractivity contribution in [2.24, 2.45) is 0 Å². The van der Waals surface area contributed by atoms with Crippen LogP contribution in [0.25, 0.3) is 0 Å². The van der Waals surface area contributed by atoms with Gasteiger partial charge in [-0.3, -0.25) is 0 Å². The second kappa shape index (κ2) is 9.11. The molecule has 3 heteroatoms. The minimum Gasteiger partial charge on any atom is -0.491 e. The van der Waals surface area contributed by atoms with Crippen molar-refractivity contribution in [3.63, 3.8) is 0 Å². The van der Waals surface area contributed by atoms with Crippen LogP contribution in [0.5, 0.6) is 5.75 Å². The smallest absolute Gasteiger partial charge is 0.142 e. The normalized spacial score (nSPS) is 10.6. The summed E-state index contributed by atoms with van der Waals surface area (Å²) in [5.41, 5.74) is 9.37. The van der Waals surface area contributed by atoms with Crippen LogP contribution >= 0.6 is 0 Å². The van der Waals surface area contributed by atoms with E-state index in [4.69, 9.17) is 10.5 Å². The molecule has 0 fully saturated rings. The van der Waals surface area contributed by atoms with Gasteiger partial charge in [0.25, 0.3) is 0 Å². The Labute approximate surface area is 133 Å². The molecule has 0 radical (unpaired) electrons. The first-order valence-corrected chi connectivity index (χ1v) is 8.05. The van der Waals surface area contributed by atoms with Crippen molar-refractivity contribution in [1.82, 2.24) is 5.32 Å². The maximum absolute atomic E-state index is 6.02. The van der Waals surface area contributed by atoms with Gasteiger partial charge >= 0.3 is 0 Å². The molecule has 0 spiro atoms. The number of nitrogen functional groups attached to an aromatic ring is 1. The van der Waals surface area contributed by atoms with Gasteiger partial charge in [0.2, 0.25) is 0 Å². The Bertz CT molecular complexity index is 555. The standard InChI is InChI=1S/C19H26N2O/c1-2-14-22-19-9-8-17(15-18(19)20)11-13-21-12-10-16-6-4-3-5-7-16/h3-9,15,21H,2,10-14,20H2,1H3. The number of ether oxygens (including phenoxy) is 1. The van der Waals surface area contributed by atoms with Crippen molar-refractivity contribution in [2.75, 3.05) is 25.4 Å². The molecule has 0 bridgehead atoms. The largest absolute Gasteiger partial charge is 0.491 e. The van der Waals surface area contributed by atoms with E-state index < -0.39 is 0 Å². The molecule has 2 aromatic carbocycles. The fourth-order valence-corrected chi connectivity index (χ4v) is 2.33. The predicted molar refractivity (Wildman–Crippen MR) is 93.4 cm³/mol. The lowest BCUT2D eigenvalue weighted by molar-refractivity contribution is 0.319. The van der Waals surface area contributed by atoms with E-state index in [2.05, 4.69) is 48.6 Å². The predicted octanol–water partition coefficient (Wildman–Crippen LogP) is 3.43. The van der Waals surface area contributed by atoms with E-state index in [0.717, 1.165) is 43.8 Å². The number of benzene rings is 2. The fraction of sp³-hybridized carbons (Fsp3) is 0.368. The third-order valence-electron chi connectivity index (χ3n) is 3.56. The summed E-state index contributed by atoms with van der Waals surface area (Å²) in [5, 5.41) is 3.48. The van der Waals surface area contributed by atoms with Gasteiger partial charge in [-0.1, -0.05) is 43.3 Å². The minimum absolute atomic E-state index is 0.713. The number of nitrogens with two attached hydrogens (primary N) is 1. The SMILES string of the molecule is CCCOc1ccc(CCNCCc2ccccc2)cc1N. The van der Waals surface area contributed by atoms with Crippen molar-refractivity contribution in [1.29, 1.82) is 0 Å². The molecule has 0 saturated heterocycles. The molecule has 0 aromatic heterocycles. The van der Waals surface area contributed by atoms with Gasteiger partial charge in [-0.2, -0.15) is 0 Å². The molecule has 2 rings (SSSR count). The minimum atomic E-state index is 0.713. The van der Waals surface area contributed by atoms with E-state index in [0.29, 0.717) is 6.61 Å². The Hall–Kier alpha value is -2.00. The average Bonchev–Trinajstić information content (AvgIpc) is 2.55. The molecule has 0 saturated carbocycles. The molecule has 0 atom stereocenters. The van der Waals surface area contributed by atoms with Gasteiger partial charge < -0.3 is 15.8 Å². The molecular formula is C19H26N2O. The molecule has 118 valence electrons. The van der Waals surface area contributed by atoms with Gasteiger partial charge in [-0.15, -0.1) is 0 Å². The Morgan fingerprint density at radius 2 is 1.68 bits per heavy atom. The first-order chi connectivity index (χ1) is 10.8. The summed E-state index contributed by atoms with van der Waals surface area (Å²) in [6.45, 7) is 4.76. The van der Waals surface area contributed by atoms with Crippen LogP contribution in [0.3, 0.4) is 0 Å². The fourth-order valence-electron chi connectivity index (χ4n) is 2.33. The first-order valence-electron chi connectivity index (χ1n) is 8.05. The van der Waals surface area contributed by atoms with Crippen LogP contribution in [0.2, 0.25) is 0 Å². The zero-order valence-corrected chi connectivity index (χ0v) is 13.3. The summed E-state index contributed by atoms with van der Waals surface area (Å²) in [7, 11) is 0. The van der Waals surface area contributed by atoms with Gasteiger partial charge in [0, 0.05) is 0 Å². The van der Waals surface area contributed by atoms with Crippen LogP contribution in [0, 0.1) is 0 Å². The van der Waals surface area contributed by atoms with Crippen LogP contribution in [0.1, 0.15) is 24.5 Å². The topological polar surface area (TPSA) is 47.3 Å². The number of rotatable bonds is 9. The Kier molecular flexibility index (Phi) is 6.78. The molecule has 2 aromatic rings. The van der Waals surface area contributed by atoms with Crippen LogP contribution in [0.15, 0.2) is 48.5 Å². The van der Waals surface area contributed by atoms with Crippen LogP contribution in [-0.2, 0) is 12.8 Å². The van der Waals surface area contributed by atoms with Crippen molar-refractivity contribution in [2.45, 2.75) is 26.2 Å².